The van der Waals surface area contributed by atoms with E-state index in [-0.39, 0.29) is 18.6 Å². The Morgan fingerprint density at radius 3 is 2.75 bits per heavy atom. The molecule has 16 heavy (non-hydrogen) atoms. The quantitative estimate of drug-likeness (QED) is 0.730. The lowest BCUT2D eigenvalue weighted by Gasteiger charge is -2.32. The number of carbonyl (C=O) groups is 1. The summed E-state index contributed by atoms with van der Waals surface area (Å²) in [5, 5.41) is 12.8. The second kappa shape index (κ2) is 5.15. The van der Waals surface area contributed by atoms with Crippen LogP contribution >= 0.6 is 0 Å². The SMILES string of the molecule is CN1CC[C@H](N[C@@H]2CCCC[C@@H]2CO)C1=O. The Morgan fingerprint density at radius 1 is 1.38 bits per heavy atom. The van der Waals surface area contributed by atoms with Gasteiger partial charge in [-0.25, -0.2) is 0 Å². The zero-order chi connectivity index (χ0) is 11.5. The summed E-state index contributed by atoms with van der Waals surface area (Å²) in [5.41, 5.74) is 0. The Morgan fingerprint density at radius 2 is 2.12 bits per heavy atom. The molecule has 4 heteroatoms. The molecule has 1 aliphatic heterocycles. The zero-order valence-electron chi connectivity index (χ0n) is 9.98. The number of nitrogens with zero attached hydrogens (tertiary/aromatic N) is 1. The van der Waals surface area contributed by atoms with Gasteiger partial charge in [-0.2, -0.15) is 0 Å². The van der Waals surface area contributed by atoms with E-state index >= 15 is 0 Å². The predicted octanol–water partition coefficient (Wildman–Crippen LogP) is 0.358. The van der Waals surface area contributed by atoms with Crippen molar-refractivity contribution >= 4 is 5.91 Å². The average molecular weight is 226 g/mol. The minimum absolute atomic E-state index is 0.0119. The minimum atomic E-state index is -0.0119. The summed E-state index contributed by atoms with van der Waals surface area (Å²) in [4.78, 5) is 13.6. The van der Waals surface area contributed by atoms with Gasteiger partial charge < -0.3 is 15.3 Å². The van der Waals surface area contributed by atoms with E-state index in [0.29, 0.717) is 12.0 Å². The average Bonchev–Trinajstić information content (AvgIpc) is 2.62. The molecule has 3 atom stereocenters. The molecule has 0 unspecified atom stereocenters. The summed E-state index contributed by atoms with van der Waals surface area (Å²) in [6, 6.07) is 0.321. The maximum absolute atomic E-state index is 11.8. The van der Waals surface area contributed by atoms with Gasteiger partial charge in [-0.1, -0.05) is 12.8 Å². The number of likely N-dealkylation sites (tertiary alicyclic amines) is 1. The van der Waals surface area contributed by atoms with Crippen LogP contribution in [0.25, 0.3) is 0 Å². The van der Waals surface area contributed by atoms with Gasteiger partial charge in [-0.3, -0.25) is 4.79 Å². The second-order valence-corrected chi connectivity index (χ2v) is 5.10. The number of amides is 1. The van der Waals surface area contributed by atoms with Crippen LogP contribution in [0.4, 0.5) is 0 Å². The maximum atomic E-state index is 11.8. The van der Waals surface area contributed by atoms with Crippen molar-refractivity contribution in [2.45, 2.75) is 44.2 Å². The molecule has 4 nitrogen and oxygen atoms in total. The first-order chi connectivity index (χ1) is 7.72. The Balaban J connectivity index is 1.90. The van der Waals surface area contributed by atoms with Gasteiger partial charge in [0.05, 0.1) is 6.04 Å². The summed E-state index contributed by atoms with van der Waals surface area (Å²) in [6.07, 6.45) is 5.51. The Hall–Kier alpha value is -0.610. The van der Waals surface area contributed by atoms with Crippen LogP contribution in [-0.2, 0) is 4.79 Å². The number of carbonyl (C=O) groups excluding carboxylic acids is 1. The molecule has 0 bridgehead atoms. The topological polar surface area (TPSA) is 52.6 Å². The van der Waals surface area contributed by atoms with Gasteiger partial charge in [-0.05, 0) is 25.2 Å². The molecule has 1 heterocycles. The fourth-order valence-corrected chi connectivity index (χ4v) is 2.88. The van der Waals surface area contributed by atoms with Crippen molar-refractivity contribution in [2.75, 3.05) is 20.2 Å². The molecular weight excluding hydrogens is 204 g/mol. The third-order valence-electron chi connectivity index (χ3n) is 3.99. The standard InChI is InChI=1S/C12H22N2O2/c1-14-7-6-11(12(14)16)13-10-5-3-2-4-9(10)8-15/h9-11,13,15H,2-8H2,1H3/t9-,10-,11+/m1/s1. The zero-order valence-corrected chi connectivity index (χ0v) is 9.98. The lowest BCUT2D eigenvalue weighted by atomic mass is 9.84. The predicted molar refractivity (Wildman–Crippen MR) is 62.0 cm³/mol. The molecule has 2 fully saturated rings. The van der Waals surface area contributed by atoms with Crippen LogP contribution in [0.5, 0.6) is 0 Å². The Bertz CT molecular complexity index is 257. The smallest absolute Gasteiger partial charge is 0.239 e. The van der Waals surface area contributed by atoms with Crippen molar-refractivity contribution in [1.82, 2.24) is 10.2 Å². The molecular formula is C12H22N2O2. The highest BCUT2D eigenvalue weighted by atomic mass is 16.3. The van der Waals surface area contributed by atoms with E-state index in [9.17, 15) is 9.90 Å². The second-order valence-electron chi connectivity index (χ2n) is 5.10. The van der Waals surface area contributed by atoms with E-state index in [0.717, 1.165) is 25.8 Å². The molecule has 92 valence electrons. The summed E-state index contributed by atoms with van der Waals surface area (Å²) < 4.78 is 0. The third-order valence-corrected chi connectivity index (χ3v) is 3.99. The molecule has 2 rings (SSSR count). The molecule has 0 aromatic rings. The lowest BCUT2D eigenvalue weighted by Crippen LogP contribution is -2.48. The van der Waals surface area contributed by atoms with E-state index in [1.807, 2.05) is 7.05 Å². The van der Waals surface area contributed by atoms with E-state index in [1.54, 1.807) is 4.90 Å². The number of hydrogen-bond donors (Lipinski definition) is 2. The number of hydrogen-bond acceptors (Lipinski definition) is 3. The number of aliphatic hydroxyl groups excluding tert-OH is 1. The van der Waals surface area contributed by atoms with Crippen molar-refractivity contribution < 1.29 is 9.90 Å². The first-order valence-electron chi connectivity index (χ1n) is 6.34. The van der Waals surface area contributed by atoms with Crippen LogP contribution in [0.1, 0.15) is 32.1 Å². The molecule has 2 N–H and O–H groups in total. The normalized spacial score (nSPS) is 35.8. The molecule has 1 saturated carbocycles. The summed E-state index contributed by atoms with van der Waals surface area (Å²) in [6.45, 7) is 1.10. The molecule has 0 aromatic carbocycles. The summed E-state index contributed by atoms with van der Waals surface area (Å²) in [5.74, 6) is 0.551. The Labute approximate surface area is 97.0 Å². The van der Waals surface area contributed by atoms with Crippen LogP contribution in [0, 0.1) is 5.92 Å². The van der Waals surface area contributed by atoms with Crippen molar-refractivity contribution in [3.05, 3.63) is 0 Å². The van der Waals surface area contributed by atoms with Crippen molar-refractivity contribution in [3.63, 3.8) is 0 Å². The third kappa shape index (κ3) is 2.38. The van der Waals surface area contributed by atoms with Crippen LogP contribution in [0.15, 0.2) is 0 Å². The highest BCUT2D eigenvalue weighted by Gasteiger charge is 2.33. The summed E-state index contributed by atoms with van der Waals surface area (Å²) >= 11 is 0. The van der Waals surface area contributed by atoms with Crippen LogP contribution in [0.2, 0.25) is 0 Å². The van der Waals surface area contributed by atoms with Gasteiger partial charge in [-0.15, -0.1) is 0 Å². The number of likely N-dealkylation sites (N-methyl/N-ethyl adjacent to an activating group) is 1. The molecule has 0 spiro atoms. The molecule has 1 amide bonds. The van der Waals surface area contributed by atoms with Crippen molar-refractivity contribution in [2.24, 2.45) is 5.92 Å². The lowest BCUT2D eigenvalue weighted by molar-refractivity contribution is -0.128. The van der Waals surface area contributed by atoms with E-state index in [4.69, 9.17) is 0 Å². The fraction of sp³-hybridized carbons (Fsp3) is 0.917. The van der Waals surface area contributed by atoms with Crippen LogP contribution in [0.3, 0.4) is 0 Å². The van der Waals surface area contributed by atoms with Gasteiger partial charge in [0, 0.05) is 26.2 Å². The van der Waals surface area contributed by atoms with E-state index < -0.39 is 0 Å². The monoisotopic (exact) mass is 226 g/mol. The first kappa shape index (κ1) is 11.9. The van der Waals surface area contributed by atoms with E-state index in [2.05, 4.69) is 5.32 Å². The largest absolute Gasteiger partial charge is 0.396 e. The molecule has 1 saturated heterocycles. The van der Waals surface area contributed by atoms with E-state index in [1.165, 1.54) is 12.8 Å². The summed E-state index contributed by atoms with van der Waals surface area (Å²) in [7, 11) is 1.86. The Kier molecular flexibility index (Phi) is 3.82. The van der Waals surface area contributed by atoms with Gasteiger partial charge in [0.25, 0.3) is 0 Å². The molecule has 1 aliphatic carbocycles. The van der Waals surface area contributed by atoms with Crippen molar-refractivity contribution in [1.29, 1.82) is 0 Å². The van der Waals surface area contributed by atoms with Gasteiger partial charge in [0.2, 0.25) is 5.91 Å². The van der Waals surface area contributed by atoms with Crippen LogP contribution in [-0.4, -0.2) is 48.2 Å². The number of nitrogens with one attached hydrogen (secondary N) is 1. The number of aliphatic hydroxyl groups is 1. The highest BCUT2D eigenvalue weighted by molar-refractivity contribution is 5.83. The van der Waals surface area contributed by atoms with Gasteiger partial charge in [0.1, 0.15) is 0 Å². The number of rotatable bonds is 3. The highest BCUT2D eigenvalue weighted by Crippen LogP contribution is 2.25. The van der Waals surface area contributed by atoms with Gasteiger partial charge >= 0.3 is 0 Å². The molecule has 0 radical (unpaired) electrons. The first-order valence-corrected chi connectivity index (χ1v) is 6.34. The minimum Gasteiger partial charge on any atom is -0.396 e. The van der Waals surface area contributed by atoms with Crippen LogP contribution < -0.4 is 5.32 Å². The van der Waals surface area contributed by atoms with Crippen molar-refractivity contribution in [3.8, 4) is 0 Å². The molecule has 2 aliphatic rings. The molecule has 0 aromatic heterocycles. The van der Waals surface area contributed by atoms with Gasteiger partial charge in [0.15, 0.2) is 0 Å². The fourth-order valence-electron chi connectivity index (χ4n) is 2.88. The maximum Gasteiger partial charge on any atom is 0.239 e.